The van der Waals surface area contributed by atoms with E-state index < -0.39 is 21.8 Å². The van der Waals surface area contributed by atoms with Crippen molar-refractivity contribution in [2.75, 3.05) is 6.26 Å². The minimum absolute atomic E-state index is 0.220. The number of benzene rings is 1. The van der Waals surface area contributed by atoms with Gasteiger partial charge in [-0.1, -0.05) is 11.6 Å². The van der Waals surface area contributed by atoms with E-state index in [1.54, 1.807) is 19.1 Å². The molecule has 2 heterocycles. The standard InChI is InChI=1S/C19H17ClN6O3S/c1-12(18-23-11-24-26(18)17-4-3-13(8-21)9-22-17)25-19(27)15-5-14(6-16(20)7-15)10-30(2,28)29/h3-7,9,11-12H,10H2,1-2H3,(H,25,27)/t12-/m0/s1. The number of rotatable bonds is 6. The van der Waals surface area contributed by atoms with Crippen molar-refractivity contribution in [3.8, 4) is 11.9 Å². The second-order valence-electron chi connectivity index (χ2n) is 6.66. The lowest BCUT2D eigenvalue weighted by Crippen LogP contribution is -2.29. The maximum absolute atomic E-state index is 12.7. The van der Waals surface area contributed by atoms with Gasteiger partial charge in [0.25, 0.3) is 5.91 Å². The first-order valence-electron chi connectivity index (χ1n) is 8.71. The van der Waals surface area contributed by atoms with Gasteiger partial charge in [-0.25, -0.2) is 18.4 Å². The Morgan fingerprint density at radius 1 is 1.30 bits per heavy atom. The van der Waals surface area contributed by atoms with Gasteiger partial charge in [0, 0.05) is 23.0 Å². The number of halogens is 1. The lowest BCUT2D eigenvalue weighted by atomic mass is 10.1. The van der Waals surface area contributed by atoms with Gasteiger partial charge in [0.2, 0.25) is 0 Å². The SMILES string of the molecule is C[C@H](NC(=O)c1cc(Cl)cc(CS(C)(=O)=O)c1)c1ncnn1-c1ccc(C#N)cn1. The van der Waals surface area contributed by atoms with Crippen molar-refractivity contribution in [3.05, 3.63) is 70.4 Å². The molecule has 30 heavy (non-hydrogen) atoms. The number of hydrogen-bond donors (Lipinski definition) is 1. The normalized spacial score (nSPS) is 12.2. The van der Waals surface area contributed by atoms with Crippen LogP contribution in [0.5, 0.6) is 0 Å². The smallest absolute Gasteiger partial charge is 0.251 e. The molecule has 1 amide bonds. The number of pyridine rings is 1. The molecule has 11 heteroatoms. The molecule has 0 saturated carbocycles. The van der Waals surface area contributed by atoms with Gasteiger partial charge in [0.05, 0.1) is 17.4 Å². The Bertz CT molecular complexity index is 1230. The van der Waals surface area contributed by atoms with Crippen molar-refractivity contribution in [1.29, 1.82) is 5.26 Å². The van der Waals surface area contributed by atoms with E-state index in [4.69, 9.17) is 16.9 Å². The highest BCUT2D eigenvalue weighted by atomic mass is 35.5. The predicted octanol–water partition coefficient (Wildman–Crippen LogP) is 2.22. The van der Waals surface area contributed by atoms with Gasteiger partial charge in [-0.2, -0.15) is 15.0 Å². The third-order valence-corrected chi connectivity index (χ3v) is 5.13. The average Bonchev–Trinajstić information content (AvgIpc) is 3.16. The molecule has 1 N–H and O–H groups in total. The van der Waals surface area contributed by atoms with E-state index in [1.165, 1.54) is 35.4 Å². The number of carbonyl (C=O) groups excluding carboxylic acids is 1. The Hall–Kier alpha value is -3.29. The summed E-state index contributed by atoms with van der Waals surface area (Å²) in [4.78, 5) is 21.1. The summed E-state index contributed by atoms with van der Waals surface area (Å²) in [6, 6.07) is 9.13. The molecule has 0 bridgehead atoms. The molecule has 0 aliphatic heterocycles. The highest BCUT2D eigenvalue weighted by Crippen LogP contribution is 2.19. The Balaban J connectivity index is 1.82. The molecule has 0 radical (unpaired) electrons. The maximum Gasteiger partial charge on any atom is 0.251 e. The fourth-order valence-corrected chi connectivity index (χ4v) is 3.84. The Labute approximate surface area is 178 Å². The second-order valence-corrected chi connectivity index (χ2v) is 9.24. The Morgan fingerprint density at radius 3 is 2.70 bits per heavy atom. The summed E-state index contributed by atoms with van der Waals surface area (Å²) in [7, 11) is -3.28. The maximum atomic E-state index is 12.7. The number of nitrogens with one attached hydrogen (secondary N) is 1. The fourth-order valence-electron chi connectivity index (χ4n) is 2.81. The highest BCUT2D eigenvalue weighted by molar-refractivity contribution is 7.89. The zero-order valence-electron chi connectivity index (χ0n) is 16.1. The lowest BCUT2D eigenvalue weighted by molar-refractivity contribution is 0.0937. The first-order chi connectivity index (χ1) is 14.2. The molecule has 3 rings (SSSR count). The van der Waals surface area contributed by atoms with Crippen LogP contribution in [0.4, 0.5) is 0 Å². The van der Waals surface area contributed by atoms with Crippen LogP contribution in [0.3, 0.4) is 0 Å². The van der Waals surface area contributed by atoms with Gasteiger partial charge < -0.3 is 5.32 Å². The molecule has 1 aromatic carbocycles. The number of amides is 1. The number of nitriles is 1. The van der Waals surface area contributed by atoms with E-state index in [0.717, 1.165) is 6.26 Å². The molecule has 3 aromatic rings. The van der Waals surface area contributed by atoms with Crippen LogP contribution in [-0.2, 0) is 15.6 Å². The molecule has 9 nitrogen and oxygen atoms in total. The number of sulfone groups is 1. The van der Waals surface area contributed by atoms with Gasteiger partial charge in [-0.15, -0.1) is 0 Å². The van der Waals surface area contributed by atoms with Crippen LogP contribution in [0, 0.1) is 11.3 Å². The summed E-state index contributed by atoms with van der Waals surface area (Å²) in [5.41, 5.74) is 1.07. The molecule has 0 fully saturated rings. The molecular formula is C19H17ClN6O3S. The van der Waals surface area contributed by atoms with E-state index in [-0.39, 0.29) is 16.3 Å². The molecule has 0 aliphatic rings. The van der Waals surface area contributed by atoms with E-state index >= 15 is 0 Å². The molecule has 0 aliphatic carbocycles. The summed E-state index contributed by atoms with van der Waals surface area (Å²) in [5.74, 6) is 0.212. The third kappa shape index (κ3) is 5.20. The lowest BCUT2D eigenvalue weighted by Gasteiger charge is -2.15. The number of aromatic nitrogens is 4. The zero-order valence-corrected chi connectivity index (χ0v) is 17.6. The van der Waals surface area contributed by atoms with Crippen molar-refractivity contribution in [3.63, 3.8) is 0 Å². The molecule has 2 aromatic heterocycles. The van der Waals surface area contributed by atoms with Crippen LogP contribution in [0.1, 0.15) is 40.3 Å². The molecule has 0 spiro atoms. The van der Waals surface area contributed by atoms with Crippen LogP contribution in [0.25, 0.3) is 5.82 Å². The molecule has 0 unspecified atom stereocenters. The second kappa shape index (κ2) is 8.61. The van der Waals surface area contributed by atoms with E-state index in [0.29, 0.717) is 22.8 Å². The summed E-state index contributed by atoms with van der Waals surface area (Å²) >= 11 is 6.06. The van der Waals surface area contributed by atoms with E-state index in [2.05, 4.69) is 20.4 Å². The topological polar surface area (TPSA) is 131 Å². The van der Waals surface area contributed by atoms with Crippen molar-refractivity contribution in [1.82, 2.24) is 25.1 Å². The van der Waals surface area contributed by atoms with Crippen LogP contribution < -0.4 is 5.32 Å². The monoisotopic (exact) mass is 444 g/mol. The third-order valence-electron chi connectivity index (χ3n) is 4.05. The van der Waals surface area contributed by atoms with Crippen LogP contribution >= 0.6 is 11.6 Å². The first kappa shape index (κ1) is 21.4. The molecule has 0 saturated heterocycles. The summed E-state index contributed by atoms with van der Waals surface area (Å²) in [5, 5.41) is 16.1. The van der Waals surface area contributed by atoms with Crippen molar-refractivity contribution in [2.45, 2.75) is 18.7 Å². The van der Waals surface area contributed by atoms with Crippen molar-refractivity contribution < 1.29 is 13.2 Å². The molecule has 1 atom stereocenters. The van der Waals surface area contributed by atoms with Gasteiger partial charge in [-0.05, 0) is 42.8 Å². The Kier molecular flexibility index (Phi) is 6.14. The van der Waals surface area contributed by atoms with E-state index in [9.17, 15) is 13.2 Å². The summed E-state index contributed by atoms with van der Waals surface area (Å²) in [6.45, 7) is 1.73. The van der Waals surface area contributed by atoms with E-state index in [1.807, 2.05) is 6.07 Å². The van der Waals surface area contributed by atoms with Gasteiger partial charge in [-0.3, -0.25) is 4.79 Å². The van der Waals surface area contributed by atoms with Crippen molar-refractivity contribution >= 4 is 27.3 Å². The number of nitrogens with zero attached hydrogens (tertiary/aromatic N) is 5. The van der Waals surface area contributed by atoms with Crippen LogP contribution in [0.2, 0.25) is 5.02 Å². The molecular weight excluding hydrogens is 428 g/mol. The Morgan fingerprint density at radius 2 is 2.07 bits per heavy atom. The minimum Gasteiger partial charge on any atom is -0.342 e. The highest BCUT2D eigenvalue weighted by Gasteiger charge is 2.19. The predicted molar refractivity (Wildman–Crippen MR) is 110 cm³/mol. The quantitative estimate of drug-likeness (QED) is 0.616. The van der Waals surface area contributed by atoms with Gasteiger partial charge in [0.15, 0.2) is 21.5 Å². The fraction of sp³-hybridized carbons (Fsp3) is 0.211. The average molecular weight is 445 g/mol. The summed E-state index contributed by atoms with van der Waals surface area (Å²) < 4.78 is 24.6. The van der Waals surface area contributed by atoms with Crippen LogP contribution in [-0.4, -0.2) is 40.3 Å². The minimum atomic E-state index is -3.28. The number of carbonyl (C=O) groups is 1. The summed E-state index contributed by atoms with van der Waals surface area (Å²) in [6.07, 6.45) is 3.86. The number of hydrogen-bond acceptors (Lipinski definition) is 7. The zero-order chi connectivity index (χ0) is 21.9. The molecule has 154 valence electrons. The van der Waals surface area contributed by atoms with Gasteiger partial charge in [0.1, 0.15) is 12.4 Å². The largest absolute Gasteiger partial charge is 0.342 e. The van der Waals surface area contributed by atoms with Crippen LogP contribution in [0.15, 0.2) is 42.9 Å². The van der Waals surface area contributed by atoms with Gasteiger partial charge >= 0.3 is 0 Å². The first-order valence-corrected chi connectivity index (χ1v) is 11.1. The van der Waals surface area contributed by atoms with Crippen molar-refractivity contribution in [2.24, 2.45) is 0 Å².